The van der Waals surface area contributed by atoms with Crippen molar-refractivity contribution in [2.45, 2.75) is 26.2 Å². The summed E-state index contributed by atoms with van der Waals surface area (Å²) in [5.41, 5.74) is 2.36. The number of benzene rings is 1. The van der Waals surface area contributed by atoms with Crippen molar-refractivity contribution in [3.63, 3.8) is 0 Å². The van der Waals surface area contributed by atoms with E-state index in [1.807, 2.05) is 18.2 Å². The topological polar surface area (TPSA) is 68.0 Å². The molecule has 0 saturated heterocycles. The second-order valence-corrected chi connectivity index (χ2v) is 5.59. The molecule has 0 spiro atoms. The van der Waals surface area contributed by atoms with Gasteiger partial charge in [0, 0.05) is 33.9 Å². The predicted molar refractivity (Wildman–Crippen MR) is 114 cm³/mol. The molecule has 144 valence electrons. The molecule has 0 unspecified atom stereocenters. The second kappa shape index (κ2) is 13.6. The van der Waals surface area contributed by atoms with Crippen molar-refractivity contribution in [1.29, 1.82) is 0 Å². The van der Waals surface area contributed by atoms with Crippen LogP contribution < -0.4 is 10.6 Å². The van der Waals surface area contributed by atoms with Gasteiger partial charge in [-0.3, -0.25) is 4.99 Å². The van der Waals surface area contributed by atoms with Gasteiger partial charge in [-0.25, -0.2) is 0 Å². The SMILES string of the molecule is CN=C(NCCCOCc1ccco1)NCc1cccc(COC)c1.I. The fourth-order valence-electron chi connectivity index (χ4n) is 2.35. The molecule has 0 aliphatic heterocycles. The van der Waals surface area contributed by atoms with E-state index in [0.29, 0.717) is 26.4 Å². The summed E-state index contributed by atoms with van der Waals surface area (Å²) in [5, 5.41) is 6.59. The first-order valence-corrected chi connectivity index (χ1v) is 8.43. The van der Waals surface area contributed by atoms with Crippen LogP contribution in [0.1, 0.15) is 23.3 Å². The standard InChI is InChI=1S/C19H27N3O3.HI/c1-20-19(21-9-5-10-24-15-18-8-4-11-25-18)22-13-16-6-3-7-17(12-16)14-23-2;/h3-4,6-8,11-12H,5,9-10,13-15H2,1-2H3,(H2,20,21,22);1H. The molecule has 1 aromatic heterocycles. The summed E-state index contributed by atoms with van der Waals surface area (Å²) in [6, 6.07) is 12.1. The van der Waals surface area contributed by atoms with Crippen molar-refractivity contribution in [3.05, 3.63) is 59.5 Å². The fourth-order valence-corrected chi connectivity index (χ4v) is 2.35. The molecular weight excluding hydrogens is 445 g/mol. The van der Waals surface area contributed by atoms with Gasteiger partial charge >= 0.3 is 0 Å². The van der Waals surface area contributed by atoms with E-state index in [2.05, 4.69) is 33.8 Å². The molecule has 6 nitrogen and oxygen atoms in total. The normalized spacial score (nSPS) is 11.1. The van der Waals surface area contributed by atoms with Crippen molar-refractivity contribution in [3.8, 4) is 0 Å². The molecule has 2 rings (SSSR count). The molecule has 0 amide bonds. The summed E-state index contributed by atoms with van der Waals surface area (Å²) in [4.78, 5) is 4.23. The number of aliphatic imine (C=N–C) groups is 1. The third-order valence-electron chi connectivity index (χ3n) is 3.57. The summed E-state index contributed by atoms with van der Waals surface area (Å²) in [6.45, 7) is 3.31. The average molecular weight is 473 g/mol. The van der Waals surface area contributed by atoms with Crippen molar-refractivity contribution >= 4 is 29.9 Å². The number of furan rings is 1. The number of nitrogens with one attached hydrogen (secondary N) is 2. The van der Waals surface area contributed by atoms with Gasteiger partial charge in [-0.15, -0.1) is 24.0 Å². The molecule has 1 aromatic carbocycles. The predicted octanol–water partition coefficient (Wildman–Crippen LogP) is 3.32. The van der Waals surface area contributed by atoms with Crippen LogP contribution in [0.3, 0.4) is 0 Å². The molecule has 1 heterocycles. The van der Waals surface area contributed by atoms with E-state index in [0.717, 1.165) is 24.7 Å². The lowest BCUT2D eigenvalue weighted by molar-refractivity contribution is 0.105. The van der Waals surface area contributed by atoms with E-state index in [4.69, 9.17) is 13.9 Å². The molecule has 0 saturated carbocycles. The maximum absolute atomic E-state index is 5.55. The molecule has 26 heavy (non-hydrogen) atoms. The molecule has 2 N–H and O–H groups in total. The first-order chi connectivity index (χ1) is 12.3. The summed E-state index contributed by atoms with van der Waals surface area (Å²) < 4.78 is 15.9. The Kier molecular flexibility index (Phi) is 11.7. The van der Waals surface area contributed by atoms with Gasteiger partial charge in [-0.2, -0.15) is 0 Å². The lowest BCUT2D eigenvalue weighted by Crippen LogP contribution is -2.37. The third-order valence-corrected chi connectivity index (χ3v) is 3.57. The van der Waals surface area contributed by atoms with Gasteiger partial charge in [0.2, 0.25) is 0 Å². The van der Waals surface area contributed by atoms with Gasteiger partial charge in [0.05, 0.1) is 12.9 Å². The number of rotatable bonds is 10. The van der Waals surface area contributed by atoms with E-state index in [1.165, 1.54) is 11.1 Å². The molecule has 0 bridgehead atoms. The summed E-state index contributed by atoms with van der Waals surface area (Å²) in [7, 11) is 3.47. The molecule has 0 fully saturated rings. The van der Waals surface area contributed by atoms with Gasteiger partial charge in [0.25, 0.3) is 0 Å². The third kappa shape index (κ3) is 8.68. The molecule has 7 heteroatoms. The van der Waals surface area contributed by atoms with E-state index in [1.54, 1.807) is 20.4 Å². The zero-order chi connectivity index (χ0) is 17.7. The minimum absolute atomic E-state index is 0. The van der Waals surface area contributed by atoms with E-state index in [-0.39, 0.29) is 24.0 Å². The Morgan fingerprint density at radius 1 is 1.12 bits per heavy atom. The van der Waals surface area contributed by atoms with Crippen LogP contribution in [0, 0.1) is 0 Å². The van der Waals surface area contributed by atoms with Crippen LogP contribution in [0.25, 0.3) is 0 Å². The van der Waals surface area contributed by atoms with Crippen molar-refractivity contribution in [2.24, 2.45) is 4.99 Å². The van der Waals surface area contributed by atoms with Gasteiger partial charge < -0.3 is 24.5 Å². The van der Waals surface area contributed by atoms with Crippen LogP contribution >= 0.6 is 24.0 Å². The quantitative estimate of drug-likeness (QED) is 0.240. The zero-order valence-electron chi connectivity index (χ0n) is 15.4. The lowest BCUT2D eigenvalue weighted by Gasteiger charge is -2.12. The maximum Gasteiger partial charge on any atom is 0.191 e. The average Bonchev–Trinajstić information content (AvgIpc) is 3.14. The van der Waals surface area contributed by atoms with E-state index < -0.39 is 0 Å². The van der Waals surface area contributed by atoms with Crippen molar-refractivity contribution in [2.75, 3.05) is 27.3 Å². The van der Waals surface area contributed by atoms with Crippen LogP contribution in [0.15, 0.2) is 52.1 Å². The summed E-state index contributed by atoms with van der Waals surface area (Å²) in [5.74, 6) is 1.63. The van der Waals surface area contributed by atoms with Gasteiger partial charge in [-0.05, 0) is 29.7 Å². The highest BCUT2D eigenvalue weighted by Gasteiger charge is 2.00. The minimum atomic E-state index is 0. The Morgan fingerprint density at radius 2 is 1.96 bits per heavy atom. The molecular formula is C19H28IN3O3. The highest BCUT2D eigenvalue weighted by atomic mass is 127. The van der Waals surface area contributed by atoms with E-state index in [9.17, 15) is 0 Å². The molecule has 0 atom stereocenters. The molecule has 0 aliphatic carbocycles. The van der Waals surface area contributed by atoms with Gasteiger partial charge in [0.1, 0.15) is 12.4 Å². The van der Waals surface area contributed by atoms with Crippen LogP contribution in [0.4, 0.5) is 0 Å². The smallest absolute Gasteiger partial charge is 0.191 e. The summed E-state index contributed by atoms with van der Waals surface area (Å²) >= 11 is 0. The first kappa shape index (κ1) is 22.5. The number of nitrogens with zero attached hydrogens (tertiary/aromatic N) is 1. The fraction of sp³-hybridized carbons (Fsp3) is 0.421. The van der Waals surface area contributed by atoms with Crippen LogP contribution in [0.5, 0.6) is 0 Å². The zero-order valence-corrected chi connectivity index (χ0v) is 17.7. The van der Waals surface area contributed by atoms with Gasteiger partial charge in [0.15, 0.2) is 5.96 Å². The molecule has 2 aromatic rings. The van der Waals surface area contributed by atoms with Crippen LogP contribution in [-0.2, 0) is 29.2 Å². The molecule has 0 aliphatic rings. The minimum Gasteiger partial charge on any atom is -0.467 e. The van der Waals surface area contributed by atoms with Crippen LogP contribution in [-0.4, -0.2) is 33.3 Å². The highest BCUT2D eigenvalue weighted by Crippen LogP contribution is 2.06. The number of hydrogen-bond acceptors (Lipinski definition) is 4. The lowest BCUT2D eigenvalue weighted by atomic mass is 10.1. The number of guanidine groups is 1. The Bertz CT molecular complexity index is 633. The van der Waals surface area contributed by atoms with Crippen molar-refractivity contribution < 1.29 is 13.9 Å². The Hall–Kier alpha value is -1.58. The first-order valence-electron chi connectivity index (χ1n) is 8.43. The monoisotopic (exact) mass is 473 g/mol. The highest BCUT2D eigenvalue weighted by molar-refractivity contribution is 14.0. The van der Waals surface area contributed by atoms with E-state index >= 15 is 0 Å². The summed E-state index contributed by atoms with van der Waals surface area (Å²) in [6.07, 6.45) is 2.55. The largest absolute Gasteiger partial charge is 0.467 e. The second-order valence-electron chi connectivity index (χ2n) is 5.59. The molecule has 0 radical (unpaired) electrons. The Labute approximate surface area is 172 Å². The van der Waals surface area contributed by atoms with Crippen LogP contribution in [0.2, 0.25) is 0 Å². The van der Waals surface area contributed by atoms with Gasteiger partial charge in [-0.1, -0.05) is 24.3 Å². The number of ether oxygens (including phenoxy) is 2. The Morgan fingerprint density at radius 3 is 2.69 bits per heavy atom. The maximum atomic E-state index is 5.55. The number of hydrogen-bond donors (Lipinski definition) is 2. The Balaban J connectivity index is 0.00000338. The number of methoxy groups -OCH3 is 1. The van der Waals surface area contributed by atoms with Crippen molar-refractivity contribution in [1.82, 2.24) is 10.6 Å². The number of halogens is 1.